The van der Waals surface area contributed by atoms with Crippen molar-refractivity contribution in [3.05, 3.63) is 23.8 Å². The lowest BCUT2D eigenvalue weighted by molar-refractivity contribution is 0.0751. The molecule has 5 heteroatoms. The molecule has 1 rings (SSSR count). The molecular formula is C13H20N2O3. The number of phenols is 2. The first-order valence-electron chi connectivity index (χ1n) is 6.11. The van der Waals surface area contributed by atoms with Crippen LogP contribution in [0.2, 0.25) is 0 Å². The Bertz CT molecular complexity index is 407. The number of aromatic hydroxyl groups is 2. The summed E-state index contributed by atoms with van der Waals surface area (Å²) in [6, 6.07) is 3.98. The minimum atomic E-state index is -0.234. The van der Waals surface area contributed by atoms with Crippen LogP contribution in [-0.4, -0.2) is 40.7 Å². The average molecular weight is 252 g/mol. The van der Waals surface area contributed by atoms with Crippen molar-refractivity contribution in [3.63, 3.8) is 0 Å². The first-order chi connectivity index (χ1) is 8.60. The van der Waals surface area contributed by atoms with E-state index < -0.39 is 0 Å². The van der Waals surface area contributed by atoms with E-state index in [0.717, 1.165) is 12.8 Å². The molecule has 1 aromatic rings. The summed E-state index contributed by atoms with van der Waals surface area (Å²) in [5, 5.41) is 18.9. The van der Waals surface area contributed by atoms with E-state index in [4.69, 9.17) is 5.73 Å². The van der Waals surface area contributed by atoms with Gasteiger partial charge in [0.15, 0.2) is 0 Å². The van der Waals surface area contributed by atoms with Crippen LogP contribution in [0.25, 0.3) is 0 Å². The van der Waals surface area contributed by atoms with Crippen LogP contribution in [0.4, 0.5) is 0 Å². The molecule has 1 aromatic carbocycles. The van der Waals surface area contributed by atoms with Gasteiger partial charge < -0.3 is 20.8 Å². The maximum absolute atomic E-state index is 12.2. The summed E-state index contributed by atoms with van der Waals surface area (Å²) >= 11 is 0. The van der Waals surface area contributed by atoms with E-state index in [9.17, 15) is 15.0 Å². The number of rotatable bonds is 6. The molecule has 5 nitrogen and oxygen atoms in total. The normalized spacial score (nSPS) is 10.3. The lowest BCUT2D eigenvalue weighted by Gasteiger charge is -2.22. The predicted octanol–water partition coefficient (Wildman–Crippen LogP) is 1.30. The second-order valence-corrected chi connectivity index (χ2v) is 4.14. The van der Waals surface area contributed by atoms with E-state index in [1.807, 2.05) is 6.92 Å². The van der Waals surface area contributed by atoms with Gasteiger partial charge in [0.25, 0.3) is 5.91 Å². The van der Waals surface area contributed by atoms with Gasteiger partial charge in [-0.3, -0.25) is 4.79 Å². The summed E-state index contributed by atoms with van der Waals surface area (Å²) in [5.74, 6) is -0.496. The van der Waals surface area contributed by atoms with Crippen molar-refractivity contribution in [2.24, 2.45) is 5.73 Å². The molecule has 0 spiro atoms. The third kappa shape index (κ3) is 3.63. The van der Waals surface area contributed by atoms with E-state index in [1.165, 1.54) is 18.2 Å². The molecule has 0 aliphatic carbocycles. The first kappa shape index (κ1) is 14.3. The van der Waals surface area contributed by atoms with Crippen molar-refractivity contribution in [1.82, 2.24) is 4.90 Å². The zero-order chi connectivity index (χ0) is 13.5. The lowest BCUT2D eigenvalue weighted by Crippen LogP contribution is -2.33. The molecule has 18 heavy (non-hydrogen) atoms. The zero-order valence-electron chi connectivity index (χ0n) is 10.6. The minimum absolute atomic E-state index is 0.0620. The minimum Gasteiger partial charge on any atom is -0.508 e. The summed E-state index contributed by atoms with van der Waals surface area (Å²) in [7, 11) is 0. The standard InChI is InChI=1S/C13H20N2O3/c1-2-7-15(8-3-6-14)13(18)11-5-4-10(16)9-12(11)17/h4-5,9,16-17H,2-3,6-8,14H2,1H3. The average Bonchev–Trinajstić information content (AvgIpc) is 2.33. The predicted molar refractivity (Wildman–Crippen MR) is 69.6 cm³/mol. The van der Waals surface area contributed by atoms with Gasteiger partial charge in [-0.2, -0.15) is 0 Å². The summed E-state index contributed by atoms with van der Waals surface area (Å²) in [6.07, 6.45) is 1.57. The lowest BCUT2D eigenvalue weighted by atomic mass is 10.1. The van der Waals surface area contributed by atoms with Crippen molar-refractivity contribution in [2.75, 3.05) is 19.6 Å². The van der Waals surface area contributed by atoms with Crippen LogP contribution in [0.5, 0.6) is 11.5 Å². The third-order valence-corrected chi connectivity index (χ3v) is 2.62. The van der Waals surface area contributed by atoms with Gasteiger partial charge in [-0.25, -0.2) is 0 Å². The SMILES string of the molecule is CCCN(CCCN)C(=O)c1ccc(O)cc1O. The van der Waals surface area contributed by atoms with Crippen molar-refractivity contribution in [3.8, 4) is 11.5 Å². The number of carbonyl (C=O) groups is 1. The van der Waals surface area contributed by atoms with Crippen LogP contribution >= 0.6 is 0 Å². The molecule has 0 radical (unpaired) electrons. The first-order valence-corrected chi connectivity index (χ1v) is 6.11. The number of phenolic OH excluding ortho intramolecular Hbond substituents is 2. The molecule has 0 fully saturated rings. The largest absolute Gasteiger partial charge is 0.508 e. The van der Waals surface area contributed by atoms with Gasteiger partial charge in [-0.05, 0) is 31.5 Å². The van der Waals surface area contributed by atoms with Gasteiger partial charge in [0.05, 0.1) is 5.56 Å². The Morgan fingerprint density at radius 3 is 2.61 bits per heavy atom. The molecule has 0 saturated carbocycles. The highest BCUT2D eigenvalue weighted by Gasteiger charge is 2.18. The fraction of sp³-hybridized carbons (Fsp3) is 0.462. The second kappa shape index (κ2) is 6.86. The van der Waals surface area contributed by atoms with E-state index >= 15 is 0 Å². The molecular weight excluding hydrogens is 232 g/mol. The van der Waals surface area contributed by atoms with Gasteiger partial charge in [-0.15, -0.1) is 0 Å². The highest BCUT2D eigenvalue weighted by molar-refractivity contribution is 5.97. The van der Waals surface area contributed by atoms with Crippen molar-refractivity contribution < 1.29 is 15.0 Å². The second-order valence-electron chi connectivity index (χ2n) is 4.14. The van der Waals surface area contributed by atoms with E-state index in [0.29, 0.717) is 19.6 Å². The molecule has 0 heterocycles. The zero-order valence-corrected chi connectivity index (χ0v) is 10.6. The summed E-state index contributed by atoms with van der Waals surface area (Å²) < 4.78 is 0. The summed E-state index contributed by atoms with van der Waals surface area (Å²) in [5.41, 5.74) is 5.65. The highest BCUT2D eigenvalue weighted by Crippen LogP contribution is 2.23. The van der Waals surface area contributed by atoms with Gasteiger partial charge in [0.2, 0.25) is 0 Å². The van der Waals surface area contributed by atoms with Crippen LogP contribution in [0.15, 0.2) is 18.2 Å². The van der Waals surface area contributed by atoms with Crippen LogP contribution in [0.3, 0.4) is 0 Å². The smallest absolute Gasteiger partial charge is 0.257 e. The Morgan fingerprint density at radius 2 is 2.06 bits per heavy atom. The molecule has 100 valence electrons. The van der Waals surface area contributed by atoms with Crippen LogP contribution < -0.4 is 5.73 Å². The Morgan fingerprint density at radius 1 is 1.33 bits per heavy atom. The van der Waals surface area contributed by atoms with Crippen LogP contribution in [0, 0.1) is 0 Å². The molecule has 0 aromatic heterocycles. The molecule has 4 N–H and O–H groups in total. The number of nitrogens with two attached hydrogens (primary N) is 1. The Balaban J connectivity index is 2.87. The number of carbonyl (C=O) groups excluding carboxylic acids is 1. The monoisotopic (exact) mass is 252 g/mol. The molecule has 0 bridgehead atoms. The topological polar surface area (TPSA) is 86.8 Å². The molecule has 0 atom stereocenters. The summed E-state index contributed by atoms with van der Waals surface area (Å²) in [4.78, 5) is 13.9. The number of benzene rings is 1. The van der Waals surface area contributed by atoms with Gasteiger partial charge in [-0.1, -0.05) is 6.92 Å². The highest BCUT2D eigenvalue weighted by atomic mass is 16.3. The molecule has 0 aliphatic heterocycles. The Kier molecular flexibility index (Phi) is 5.45. The van der Waals surface area contributed by atoms with Crippen molar-refractivity contribution in [2.45, 2.75) is 19.8 Å². The Labute approximate surface area is 107 Å². The fourth-order valence-electron chi connectivity index (χ4n) is 1.74. The maximum Gasteiger partial charge on any atom is 0.257 e. The van der Waals surface area contributed by atoms with Gasteiger partial charge in [0.1, 0.15) is 11.5 Å². The van der Waals surface area contributed by atoms with Crippen molar-refractivity contribution >= 4 is 5.91 Å². The van der Waals surface area contributed by atoms with Crippen LogP contribution in [-0.2, 0) is 0 Å². The molecule has 0 aliphatic rings. The molecule has 0 saturated heterocycles. The maximum atomic E-state index is 12.2. The third-order valence-electron chi connectivity index (χ3n) is 2.62. The van der Waals surface area contributed by atoms with Crippen molar-refractivity contribution in [1.29, 1.82) is 0 Å². The van der Waals surface area contributed by atoms with E-state index in [2.05, 4.69) is 0 Å². The van der Waals surface area contributed by atoms with E-state index in [1.54, 1.807) is 4.90 Å². The van der Waals surface area contributed by atoms with Gasteiger partial charge in [0, 0.05) is 19.2 Å². The molecule has 1 amide bonds. The van der Waals surface area contributed by atoms with E-state index in [-0.39, 0.29) is 23.0 Å². The number of nitrogens with zero attached hydrogens (tertiary/aromatic N) is 1. The fourth-order valence-corrected chi connectivity index (χ4v) is 1.74. The number of hydrogen-bond donors (Lipinski definition) is 3. The number of hydrogen-bond acceptors (Lipinski definition) is 4. The molecule has 0 unspecified atom stereocenters. The summed E-state index contributed by atoms with van der Waals surface area (Å²) in [6.45, 7) is 3.71. The van der Waals surface area contributed by atoms with Gasteiger partial charge >= 0.3 is 0 Å². The number of amides is 1. The van der Waals surface area contributed by atoms with Crippen LogP contribution in [0.1, 0.15) is 30.1 Å². The quantitative estimate of drug-likeness (QED) is 0.712. The Hall–Kier alpha value is -1.75.